The predicted octanol–water partition coefficient (Wildman–Crippen LogP) is 1.51. The second-order valence-electron chi connectivity index (χ2n) is 3.12. The number of ether oxygens (including phenoxy) is 1. The van der Waals surface area contributed by atoms with Gasteiger partial charge in [0, 0.05) is 0 Å². The molecule has 0 aliphatic heterocycles. The fraction of sp³-hybridized carbons (Fsp3) is 0.333. The van der Waals surface area contributed by atoms with Crippen LogP contribution in [0.25, 0.3) is 0 Å². The monoisotopic (exact) mass is 270 g/mol. The Morgan fingerprint density at radius 3 is 2.60 bits per heavy atom. The molecule has 0 aliphatic rings. The molecule has 0 bridgehead atoms. The summed E-state index contributed by atoms with van der Waals surface area (Å²) in [6.45, 7) is 1.79. The van der Waals surface area contributed by atoms with Gasteiger partial charge in [-0.2, -0.15) is 0 Å². The molecule has 80 valence electrons. The molecule has 15 heavy (non-hydrogen) atoms. The minimum atomic E-state index is -0.241. The zero-order valence-electron chi connectivity index (χ0n) is 8.86. The first-order valence-corrected chi connectivity index (χ1v) is 6.74. The van der Waals surface area contributed by atoms with E-state index >= 15 is 0 Å². The van der Waals surface area contributed by atoms with E-state index in [1.165, 1.54) is 0 Å². The third-order valence-corrected chi connectivity index (χ3v) is 3.56. The van der Waals surface area contributed by atoms with Crippen molar-refractivity contribution in [1.29, 1.82) is 0 Å². The summed E-state index contributed by atoms with van der Waals surface area (Å²) in [4.78, 5) is 3.08. The summed E-state index contributed by atoms with van der Waals surface area (Å²) in [5.41, 5.74) is 0.989. The van der Waals surface area contributed by atoms with Crippen molar-refractivity contribution in [3.8, 4) is 16.5 Å². The minimum absolute atomic E-state index is 0.202. The molecule has 0 saturated carbocycles. The van der Waals surface area contributed by atoms with Gasteiger partial charge in [-0.1, -0.05) is 0 Å². The molecule has 1 aromatic rings. The molecular formula is C12H14O2Se. The molecular weight excluding hydrogens is 255 g/mol. The van der Waals surface area contributed by atoms with E-state index in [4.69, 9.17) is 9.84 Å². The Labute approximate surface area is 96.8 Å². The summed E-state index contributed by atoms with van der Waals surface area (Å²) in [6.07, 6.45) is -0.241. The van der Waals surface area contributed by atoms with Crippen molar-refractivity contribution in [2.24, 2.45) is 0 Å². The van der Waals surface area contributed by atoms with Gasteiger partial charge in [-0.25, -0.2) is 0 Å². The van der Waals surface area contributed by atoms with Crippen LogP contribution in [0.5, 0.6) is 5.75 Å². The summed E-state index contributed by atoms with van der Waals surface area (Å²) in [5, 5.41) is 9.84. The van der Waals surface area contributed by atoms with E-state index in [0.717, 1.165) is 16.6 Å². The fourth-order valence-electron chi connectivity index (χ4n) is 0.932. The Bertz CT molecular complexity index is 346. The zero-order valence-corrected chi connectivity index (χ0v) is 10.6. The van der Waals surface area contributed by atoms with Gasteiger partial charge in [0.25, 0.3) is 0 Å². The van der Waals surface area contributed by atoms with Crippen LogP contribution in [0.15, 0.2) is 24.3 Å². The Balaban J connectivity index is 2.49. The first kappa shape index (κ1) is 12.1. The molecule has 0 aromatic heterocycles. The van der Waals surface area contributed by atoms with Gasteiger partial charge in [0.1, 0.15) is 0 Å². The van der Waals surface area contributed by atoms with Gasteiger partial charge >= 0.3 is 96.6 Å². The molecule has 1 atom stereocenters. The van der Waals surface area contributed by atoms with Crippen LogP contribution in [0, 0.1) is 10.7 Å². The number of aliphatic hydroxyl groups excluding tert-OH is 1. The SMILES string of the molecule is COc1ccc(C#C[Se]CC(C)O)cc1. The van der Waals surface area contributed by atoms with E-state index < -0.39 is 0 Å². The van der Waals surface area contributed by atoms with Gasteiger partial charge in [-0.15, -0.1) is 0 Å². The Kier molecular flexibility index (Phi) is 5.28. The normalized spacial score (nSPS) is 11.4. The maximum absolute atomic E-state index is 9.05. The summed E-state index contributed by atoms with van der Waals surface area (Å²) < 4.78 is 5.05. The number of hydrogen-bond acceptors (Lipinski definition) is 2. The van der Waals surface area contributed by atoms with Crippen LogP contribution in [0.1, 0.15) is 12.5 Å². The molecule has 0 heterocycles. The van der Waals surface area contributed by atoms with Gasteiger partial charge in [0.15, 0.2) is 0 Å². The molecule has 3 heteroatoms. The van der Waals surface area contributed by atoms with Gasteiger partial charge < -0.3 is 0 Å². The van der Waals surface area contributed by atoms with Crippen LogP contribution < -0.4 is 4.74 Å². The predicted molar refractivity (Wildman–Crippen MR) is 62.1 cm³/mol. The molecule has 0 radical (unpaired) electrons. The number of hydrogen-bond donors (Lipinski definition) is 1. The van der Waals surface area contributed by atoms with Crippen LogP contribution in [0.4, 0.5) is 0 Å². The Morgan fingerprint density at radius 1 is 1.40 bits per heavy atom. The zero-order chi connectivity index (χ0) is 11.1. The molecule has 1 N–H and O–H groups in total. The van der Waals surface area contributed by atoms with Gasteiger partial charge in [-0.3, -0.25) is 0 Å². The molecule has 0 saturated heterocycles. The first-order valence-electron chi connectivity index (χ1n) is 4.67. The Hall–Kier alpha value is -0.941. The Morgan fingerprint density at radius 2 is 2.07 bits per heavy atom. The quantitative estimate of drug-likeness (QED) is 0.665. The van der Waals surface area contributed by atoms with E-state index in [0.29, 0.717) is 0 Å². The molecule has 0 fully saturated rings. The van der Waals surface area contributed by atoms with E-state index in [-0.39, 0.29) is 21.1 Å². The van der Waals surface area contributed by atoms with Crippen LogP contribution in [-0.4, -0.2) is 33.3 Å². The number of aliphatic hydroxyl groups is 1. The van der Waals surface area contributed by atoms with Crippen molar-refractivity contribution < 1.29 is 9.84 Å². The van der Waals surface area contributed by atoms with Crippen molar-refractivity contribution in [1.82, 2.24) is 0 Å². The summed E-state index contributed by atoms with van der Waals surface area (Å²) in [7, 11) is 1.65. The van der Waals surface area contributed by atoms with E-state index in [1.807, 2.05) is 24.3 Å². The van der Waals surface area contributed by atoms with E-state index in [1.54, 1.807) is 14.0 Å². The average Bonchev–Trinajstić information content (AvgIpc) is 2.25. The van der Waals surface area contributed by atoms with Crippen molar-refractivity contribution >= 4 is 15.0 Å². The number of benzene rings is 1. The average molecular weight is 269 g/mol. The van der Waals surface area contributed by atoms with Crippen molar-refractivity contribution in [3.63, 3.8) is 0 Å². The topological polar surface area (TPSA) is 29.5 Å². The van der Waals surface area contributed by atoms with Crippen molar-refractivity contribution in [3.05, 3.63) is 29.8 Å². The standard InChI is InChI=1S/C12H14O2Se/c1-10(13)9-15-8-7-11-3-5-12(14-2)6-4-11/h3-6,10,13H,9H2,1-2H3. The molecule has 0 spiro atoms. The van der Waals surface area contributed by atoms with Gasteiger partial charge in [0.05, 0.1) is 0 Å². The number of methoxy groups -OCH3 is 1. The first-order chi connectivity index (χ1) is 7.22. The second kappa shape index (κ2) is 6.53. The molecule has 1 rings (SSSR count). The van der Waals surface area contributed by atoms with Gasteiger partial charge in [-0.05, 0) is 0 Å². The molecule has 0 amide bonds. The summed E-state index contributed by atoms with van der Waals surface area (Å²) >= 11 is 0.202. The van der Waals surface area contributed by atoms with Crippen LogP contribution >= 0.6 is 0 Å². The molecule has 0 aliphatic carbocycles. The fourth-order valence-corrected chi connectivity index (χ4v) is 2.01. The van der Waals surface area contributed by atoms with Crippen LogP contribution in [-0.2, 0) is 0 Å². The van der Waals surface area contributed by atoms with E-state index in [9.17, 15) is 0 Å². The molecule has 1 unspecified atom stereocenters. The summed E-state index contributed by atoms with van der Waals surface area (Å²) in [6, 6.07) is 7.66. The van der Waals surface area contributed by atoms with Crippen molar-refractivity contribution in [2.45, 2.75) is 18.3 Å². The molecule has 1 aromatic carbocycles. The third kappa shape index (κ3) is 4.90. The van der Waals surface area contributed by atoms with Crippen LogP contribution in [0.2, 0.25) is 5.32 Å². The van der Waals surface area contributed by atoms with Crippen LogP contribution in [0.3, 0.4) is 0 Å². The second-order valence-corrected chi connectivity index (χ2v) is 4.85. The molecule has 2 nitrogen and oxygen atoms in total. The van der Waals surface area contributed by atoms with E-state index in [2.05, 4.69) is 10.7 Å². The number of rotatable bonds is 3. The third-order valence-electron chi connectivity index (χ3n) is 1.68. The summed E-state index contributed by atoms with van der Waals surface area (Å²) in [5.74, 6) is 3.91. The maximum atomic E-state index is 9.05. The van der Waals surface area contributed by atoms with Crippen molar-refractivity contribution in [2.75, 3.05) is 7.11 Å². The van der Waals surface area contributed by atoms with Gasteiger partial charge in [0.2, 0.25) is 0 Å².